The summed E-state index contributed by atoms with van der Waals surface area (Å²) in [6.07, 6.45) is 1.88. The second kappa shape index (κ2) is 7.49. The minimum Gasteiger partial charge on any atom is -0.370 e. The van der Waals surface area contributed by atoms with Crippen LogP contribution in [0.15, 0.2) is 9.98 Å². The fourth-order valence-corrected chi connectivity index (χ4v) is 0.444. The molecular formula is C6H14N5Y-. The van der Waals surface area contributed by atoms with Gasteiger partial charge in [0.2, 0.25) is 5.96 Å². The maximum Gasteiger partial charge on any atom is 0.216 e. The van der Waals surface area contributed by atoms with Gasteiger partial charge < -0.3 is 23.6 Å². The number of hydrogen-bond donors (Lipinski definition) is 3. The Morgan fingerprint density at radius 2 is 1.83 bits per heavy atom. The van der Waals surface area contributed by atoms with Gasteiger partial charge in [-0.3, -0.25) is 4.99 Å². The number of nitrogens with zero attached hydrogens (tertiary/aromatic N) is 2. The molecule has 1 atom stereocenters. The molecule has 0 fully saturated rings. The number of rotatable bonds is 2. The number of hydrogen-bond acceptors (Lipinski definition) is 1. The van der Waals surface area contributed by atoms with E-state index in [1.54, 1.807) is 0 Å². The smallest absolute Gasteiger partial charge is 0.216 e. The molecule has 0 rings (SSSR count). The zero-order valence-corrected chi connectivity index (χ0v) is 10.2. The largest absolute Gasteiger partial charge is 0.370 e. The summed E-state index contributed by atoms with van der Waals surface area (Å²) in [7, 11) is 0. The van der Waals surface area contributed by atoms with E-state index in [4.69, 9.17) is 17.2 Å². The molecule has 0 heterocycles. The maximum atomic E-state index is 5.33. The van der Waals surface area contributed by atoms with E-state index >= 15 is 0 Å². The van der Waals surface area contributed by atoms with Crippen LogP contribution < -0.4 is 17.2 Å². The molecule has 0 saturated heterocycles. The molecule has 6 N–H and O–H groups in total. The summed E-state index contributed by atoms with van der Waals surface area (Å²) >= 11 is 0. The molecule has 6 heteroatoms. The van der Waals surface area contributed by atoms with Gasteiger partial charge in [-0.25, -0.2) is 0 Å². The van der Waals surface area contributed by atoms with Gasteiger partial charge in [0.1, 0.15) is 0 Å². The SMILES string of the molecule is C[CH-]C(C)N=C(N)N=C(N)N.[Y]. The molecular weight excluding hydrogens is 231 g/mol. The third-order valence-electron chi connectivity index (χ3n) is 1.06. The summed E-state index contributed by atoms with van der Waals surface area (Å²) in [4.78, 5) is 7.47. The van der Waals surface area contributed by atoms with Crippen molar-refractivity contribution in [3.8, 4) is 0 Å². The van der Waals surface area contributed by atoms with Crippen molar-refractivity contribution >= 4 is 11.9 Å². The summed E-state index contributed by atoms with van der Waals surface area (Å²) in [5.74, 6) is 0.0325. The first-order valence-electron chi connectivity index (χ1n) is 3.28. The Labute approximate surface area is 97.8 Å². The van der Waals surface area contributed by atoms with Crippen LogP contribution in [0.4, 0.5) is 0 Å². The molecule has 0 spiro atoms. The van der Waals surface area contributed by atoms with E-state index in [-0.39, 0.29) is 50.7 Å². The minimum atomic E-state index is -0.0745. The fourth-order valence-electron chi connectivity index (χ4n) is 0.444. The molecule has 0 aliphatic rings. The van der Waals surface area contributed by atoms with E-state index < -0.39 is 0 Å². The maximum absolute atomic E-state index is 5.33. The average Bonchev–Trinajstić information content (AvgIpc) is 1.85. The monoisotopic (exact) mass is 245 g/mol. The second-order valence-electron chi connectivity index (χ2n) is 2.10. The van der Waals surface area contributed by atoms with Gasteiger partial charge in [-0.15, -0.1) is 0 Å². The first kappa shape index (κ1) is 14.4. The van der Waals surface area contributed by atoms with Crippen molar-refractivity contribution in [2.24, 2.45) is 27.2 Å². The average molecular weight is 245 g/mol. The molecule has 0 aromatic carbocycles. The van der Waals surface area contributed by atoms with Crippen LogP contribution in [0, 0.1) is 6.42 Å². The van der Waals surface area contributed by atoms with E-state index in [1.807, 2.05) is 20.3 Å². The van der Waals surface area contributed by atoms with Crippen LogP contribution in [0.25, 0.3) is 0 Å². The molecule has 0 aliphatic carbocycles. The molecule has 0 aromatic heterocycles. The van der Waals surface area contributed by atoms with E-state index in [0.717, 1.165) is 0 Å². The molecule has 1 unspecified atom stereocenters. The summed E-state index contributed by atoms with van der Waals surface area (Å²) in [6.45, 7) is 3.77. The Hall–Kier alpha value is -0.156. The van der Waals surface area contributed by atoms with Crippen LogP contribution in [0.3, 0.4) is 0 Å². The van der Waals surface area contributed by atoms with Crippen molar-refractivity contribution in [1.29, 1.82) is 0 Å². The minimum absolute atomic E-state index is 0. The first-order valence-corrected chi connectivity index (χ1v) is 3.28. The van der Waals surface area contributed by atoms with Crippen LogP contribution in [-0.4, -0.2) is 18.0 Å². The van der Waals surface area contributed by atoms with Crippen molar-refractivity contribution in [3.05, 3.63) is 6.42 Å². The fraction of sp³-hybridized carbons (Fsp3) is 0.500. The summed E-state index contributed by atoms with van der Waals surface area (Å²) < 4.78 is 0. The normalized spacial score (nSPS) is 13.0. The molecule has 5 nitrogen and oxygen atoms in total. The van der Waals surface area contributed by atoms with Crippen LogP contribution in [-0.2, 0) is 32.7 Å². The Bertz CT molecular complexity index is 173. The third-order valence-corrected chi connectivity index (χ3v) is 1.06. The van der Waals surface area contributed by atoms with Gasteiger partial charge in [0.15, 0.2) is 5.96 Å². The zero-order valence-electron chi connectivity index (χ0n) is 7.36. The van der Waals surface area contributed by atoms with Crippen LogP contribution in [0.5, 0.6) is 0 Å². The standard InChI is InChI=1S/C6H14N5.Y/c1-3-4(2)10-6(9)11-5(7)8;/h3-4H,1-2H3,(H6,7,8,9,10,11);/q-1;. The van der Waals surface area contributed by atoms with Crippen LogP contribution in [0.1, 0.15) is 13.8 Å². The Kier molecular flexibility index (Phi) is 8.97. The molecule has 67 valence electrons. The van der Waals surface area contributed by atoms with E-state index in [9.17, 15) is 0 Å². The topological polar surface area (TPSA) is 103 Å². The zero-order chi connectivity index (χ0) is 8.85. The van der Waals surface area contributed by atoms with Crippen molar-refractivity contribution in [2.75, 3.05) is 0 Å². The quantitative estimate of drug-likeness (QED) is 0.336. The molecule has 0 amide bonds. The molecule has 12 heavy (non-hydrogen) atoms. The molecule has 0 saturated carbocycles. The van der Waals surface area contributed by atoms with Crippen molar-refractivity contribution < 1.29 is 32.7 Å². The third kappa shape index (κ3) is 7.95. The van der Waals surface area contributed by atoms with Crippen LogP contribution in [0.2, 0.25) is 0 Å². The number of nitrogens with two attached hydrogens (primary N) is 3. The van der Waals surface area contributed by atoms with Crippen molar-refractivity contribution in [2.45, 2.75) is 19.9 Å². The van der Waals surface area contributed by atoms with Gasteiger partial charge in [-0.05, 0) is 0 Å². The molecule has 1 radical (unpaired) electrons. The first-order chi connectivity index (χ1) is 5.06. The Morgan fingerprint density at radius 1 is 1.33 bits per heavy atom. The van der Waals surface area contributed by atoms with Gasteiger partial charge in [-0.1, -0.05) is 13.0 Å². The van der Waals surface area contributed by atoms with E-state index in [2.05, 4.69) is 9.98 Å². The van der Waals surface area contributed by atoms with Gasteiger partial charge in [0.05, 0.1) is 0 Å². The predicted molar refractivity (Wildman–Crippen MR) is 46.9 cm³/mol. The van der Waals surface area contributed by atoms with Crippen molar-refractivity contribution in [1.82, 2.24) is 0 Å². The summed E-state index contributed by atoms with van der Waals surface area (Å²) in [6, 6.07) is 0.0399. The van der Waals surface area contributed by atoms with Crippen LogP contribution >= 0.6 is 0 Å². The number of guanidine groups is 2. The van der Waals surface area contributed by atoms with E-state index in [0.29, 0.717) is 0 Å². The Balaban J connectivity index is 0. The van der Waals surface area contributed by atoms with Crippen molar-refractivity contribution in [3.63, 3.8) is 0 Å². The molecule has 0 bridgehead atoms. The van der Waals surface area contributed by atoms with Gasteiger partial charge in [-0.2, -0.15) is 11.9 Å². The predicted octanol–water partition coefficient (Wildman–Crippen LogP) is -0.815. The summed E-state index contributed by atoms with van der Waals surface area (Å²) in [5, 5.41) is 0. The summed E-state index contributed by atoms with van der Waals surface area (Å²) in [5.41, 5.74) is 15.5. The van der Waals surface area contributed by atoms with Gasteiger partial charge in [0.25, 0.3) is 0 Å². The Morgan fingerprint density at radius 3 is 2.17 bits per heavy atom. The molecule has 0 aliphatic heterocycles. The second-order valence-corrected chi connectivity index (χ2v) is 2.10. The van der Waals surface area contributed by atoms with E-state index in [1.165, 1.54) is 0 Å². The molecule has 0 aromatic rings. The number of aliphatic imine (C=N–C) groups is 2. The van der Waals surface area contributed by atoms with Gasteiger partial charge in [0, 0.05) is 32.7 Å². The van der Waals surface area contributed by atoms with Gasteiger partial charge >= 0.3 is 0 Å².